The molecule has 21 heavy (non-hydrogen) atoms. The third-order valence-electron chi connectivity index (χ3n) is 5.63. The third kappa shape index (κ3) is 3.12. The first-order valence-electron chi connectivity index (χ1n) is 7.89. The average molecular weight is 312 g/mol. The Bertz CT molecular complexity index is 496. The van der Waals surface area contributed by atoms with Gasteiger partial charge in [0, 0.05) is 6.04 Å². The summed E-state index contributed by atoms with van der Waals surface area (Å²) in [6, 6.07) is 5.56. The molecule has 1 saturated carbocycles. The highest BCUT2D eigenvalue weighted by Crippen LogP contribution is 2.69. The van der Waals surface area contributed by atoms with Gasteiger partial charge in [0.25, 0.3) is 0 Å². The number of benzene rings is 1. The van der Waals surface area contributed by atoms with E-state index in [9.17, 15) is 4.39 Å². The third-order valence-corrected chi connectivity index (χ3v) is 5.94. The molecule has 3 heteroatoms. The van der Waals surface area contributed by atoms with Crippen molar-refractivity contribution < 1.29 is 4.39 Å². The van der Waals surface area contributed by atoms with Crippen LogP contribution in [0.2, 0.25) is 5.02 Å². The Labute approximate surface area is 133 Å². The Morgan fingerprint density at radius 1 is 1.24 bits per heavy atom. The minimum absolute atomic E-state index is 0.198. The van der Waals surface area contributed by atoms with Crippen LogP contribution in [0.4, 0.5) is 4.39 Å². The van der Waals surface area contributed by atoms with Crippen LogP contribution in [-0.2, 0) is 6.42 Å². The molecule has 1 aliphatic carbocycles. The second-order valence-electron chi connectivity index (χ2n) is 7.43. The standard InChI is InChI=1S/C18H27ClFN/c1-6-9-21-15(16-17(2,3)18(16,4)5)11-12-7-8-13(19)14(20)10-12/h7-8,10,15-16,21H,6,9,11H2,1-5H3. The van der Waals surface area contributed by atoms with Gasteiger partial charge in [0.15, 0.2) is 0 Å². The molecule has 1 N–H and O–H groups in total. The van der Waals surface area contributed by atoms with E-state index in [4.69, 9.17) is 11.6 Å². The van der Waals surface area contributed by atoms with Crippen molar-refractivity contribution in [2.75, 3.05) is 6.54 Å². The number of rotatable bonds is 6. The topological polar surface area (TPSA) is 12.0 Å². The van der Waals surface area contributed by atoms with Gasteiger partial charge < -0.3 is 5.32 Å². The summed E-state index contributed by atoms with van der Waals surface area (Å²) in [6.07, 6.45) is 1.96. The number of halogens is 2. The Kier molecular flexibility index (Phi) is 4.70. The second kappa shape index (κ2) is 5.89. The quantitative estimate of drug-likeness (QED) is 0.773. The lowest BCUT2D eigenvalue weighted by Gasteiger charge is -2.21. The summed E-state index contributed by atoms with van der Waals surface area (Å²) >= 11 is 5.78. The molecule has 1 aromatic carbocycles. The molecule has 1 atom stereocenters. The maximum absolute atomic E-state index is 13.7. The van der Waals surface area contributed by atoms with Crippen molar-refractivity contribution in [1.29, 1.82) is 0 Å². The Morgan fingerprint density at radius 2 is 1.86 bits per heavy atom. The number of nitrogens with one attached hydrogen (secondary N) is 1. The van der Waals surface area contributed by atoms with Crippen LogP contribution in [-0.4, -0.2) is 12.6 Å². The van der Waals surface area contributed by atoms with Crippen molar-refractivity contribution in [3.8, 4) is 0 Å². The molecule has 1 unspecified atom stereocenters. The van der Waals surface area contributed by atoms with Crippen molar-refractivity contribution in [2.45, 2.75) is 53.5 Å². The lowest BCUT2D eigenvalue weighted by Crippen LogP contribution is -2.36. The lowest BCUT2D eigenvalue weighted by atomic mass is 9.96. The molecule has 0 aliphatic heterocycles. The molecule has 0 aromatic heterocycles. The van der Waals surface area contributed by atoms with Crippen LogP contribution in [0.3, 0.4) is 0 Å². The van der Waals surface area contributed by atoms with E-state index in [2.05, 4.69) is 39.9 Å². The molecule has 0 amide bonds. The summed E-state index contributed by atoms with van der Waals surface area (Å²) in [5.41, 5.74) is 1.66. The second-order valence-corrected chi connectivity index (χ2v) is 7.84. The first-order valence-corrected chi connectivity index (χ1v) is 8.27. The molecule has 118 valence electrons. The van der Waals surface area contributed by atoms with Crippen molar-refractivity contribution in [3.05, 3.63) is 34.6 Å². The molecule has 1 aromatic rings. The molecule has 0 spiro atoms. The summed E-state index contributed by atoms with van der Waals surface area (Å²) in [4.78, 5) is 0. The fraction of sp³-hybridized carbons (Fsp3) is 0.667. The molecule has 0 heterocycles. The van der Waals surface area contributed by atoms with Gasteiger partial charge in [0.1, 0.15) is 5.82 Å². The molecule has 1 fully saturated rings. The van der Waals surface area contributed by atoms with Crippen molar-refractivity contribution >= 4 is 11.6 Å². The van der Waals surface area contributed by atoms with E-state index in [0.29, 0.717) is 22.8 Å². The Hall–Kier alpha value is -0.600. The Balaban J connectivity index is 2.16. The van der Waals surface area contributed by atoms with Crippen LogP contribution in [0.5, 0.6) is 0 Å². The first kappa shape index (κ1) is 16.8. The van der Waals surface area contributed by atoms with Crippen LogP contribution in [0.1, 0.15) is 46.6 Å². The predicted octanol–water partition coefficient (Wildman–Crippen LogP) is 5.07. The van der Waals surface area contributed by atoms with E-state index in [1.807, 2.05) is 6.07 Å². The van der Waals surface area contributed by atoms with Gasteiger partial charge in [-0.3, -0.25) is 0 Å². The van der Waals surface area contributed by atoms with E-state index in [1.165, 1.54) is 0 Å². The van der Waals surface area contributed by atoms with E-state index in [-0.39, 0.29) is 10.8 Å². The summed E-state index contributed by atoms with van der Waals surface area (Å²) in [5.74, 6) is 0.285. The van der Waals surface area contributed by atoms with E-state index in [0.717, 1.165) is 24.9 Å². The van der Waals surface area contributed by atoms with Gasteiger partial charge in [0.05, 0.1) is 5.02 Å². The largest absolute Gasteiger partial charge is 0.313 e. The molecular formula is C18H27ClFN. The summed E-state index contributed by atoms with van der Waals surface area (Å²) in [6.45, 7) is 12.5. The molecular weight excluding hydrogens is 285 g/mol. The predicted molar refractivity (Wildman–Crippen MR) is 88.2 cm³/mol. The minimum Gasteiger partial charge on any atom is -0.313 e. The fourth-order valence-electron chi connectivity index (χ4n) is 3.81. The van der Waals surface area contributed by atoms with E-state index >= 15 is 0 Å². The minimum atomic E-state index is -0.322. The summed E-state index contributed by atoms with van der Waals surface area (Å²) < 4.78 is 13.7. The monoisotopic (exact) mass is 311 g/mol. The smallest absolute Gasteiger partial charge is 0.142 e. The fourth-order valence-corrected chi connectivity index (χ4v) is 3.93. The van der Waals surface area contributed by atoms with Gasteiger partial charge in [-0.15, -0.1) is 0 Å². The lowest BCUT2D eigenvalue weighted by molar-refractivity contribution is 0.395. The van der Waals surface area contributed by atoms with Gasteiger partial charge in [-0.1, -0.05) is 52.3 Å². The Morgan fingerprint density at radius 3 is 2.33 bits per heavy atom. The van der Waals surface area contributed by atoms with Crippen LogP contribution < -0.4 is 5.32 Å². The number of hydrogen-bond acceptors (Lipinski definition) is 1. The van der Waals surface area contributed by atoms with Crippen LogP contribution in [0, 0.1) is 22.6 Å². The summed E-state index contributed by atoms with van der Waals surface area (Å²) in [7, 11) is 0. The zero-order valence-electron chi connectivity index (χ0n) is 13.8. The van der Waals surface area contributed by atoms with E-state index < -0.39 is 0 Å². The van der Waals surface area contributed by atoms with Crippen molar-refractivity contribution in [3.63, 3.8) is 0 Å². The highest BCUT2D eigenvalue weighted by Gasteiger charge is 2.66. The summed E-state index contributed by atoms with van der Waals surface area (Å²) in [5, 5.41) is 3.87. The molecule has 1 nitrogen and oxygen atoms in total. The first-order chi connectivity index (χ1) is 9.71. The average Bonchev–Trinajstić information content (AvgIpc) is 2.80. The molecule has 0 radical (unpaired) electrons. The van der Waals surface area contributed by atoms with Gasteiger partial charge in [-0.25, -0.2) is 4.39 Å². The molecule has 2 rings (SSSR count). The SMILES string of the molecule is CCCNC(Cc1ccc(Cl)c(F)c1)C1C(C)(C)C1(C)C. The molecule has 0 bridgehead atoms. The highest BCUT2D eigenvalue weighted by atomic mass is 35.5. The molecule has 1 aliphatic rings. The van der Waals surface area contributed by atoms with Crippen LogP contribution in [0.15, 0.2) is 18.2 Å². The van der Waals surface area contributed by atoms with Gasteiger partial charge in [-0.2, -0.15) is 0 Å². The van der Waals surface area contributed by atoms with Crippen LogP contribution >= 0.6 is 11.6 Å². The molecule has 0 saturated heterocycles. The van der Waals surface area contributed by atoms with E-state index in [1.54, 1.807) is 12.1 Å². The van der Waals surface area contributed by atoms with Gasteiger partial charge in [0.2, 0.25) is 0 Å². The van der Waals surface area contributed by atoms with Crippen molar-refractivity contribution in [2.24, 2.45) is 16.7 Å². The maximum Gasteiger partial charge on any atom is 0.142 e. The highest BCUT2D eigenvalue weighted by molar-refractivity contribution is 6.30. The zero-order valence-corrected chi connectivity index (χ0v) is 14.5. The van der Waals surface area contributed by atoms with Gasteiger partial charge in [-0.05, 0) is 53.8 Å². The zero-order chi connectivity index (χ0) is 15.8. The normalized spacial score (nSPS) is 21.3. The van der Waals surface area contributed by atoms with Gasteiger partial charge >= 0.3 is 0 Å². The number of hydrogen-bond donors (Lipinski definition) is 1. The van der Waals surface area contributed by atoms with Crippen molar-refractivity contribution in [1.82, 2.24) is 5.32 Å². The van der Waals surface area contributed by atoms with Crippen LogP contribution in [0.25, 0.3) is 0 Å². The maximum atomic E-state index is 13.7.